The van der Waals surface area contributed by atoms with Crippen molar-refractivity contribution >= 4 is 27.3 Å². The first-order valence-corrected chi connectivity index (χ1v) is 5.88. The molecule has 1 rings (SSSR count). The minimum atomic E-state index is 0.269. The summed E-state index contributed by atoms with van der Waals surface area (Å²) in [5.41, 5.74) is 0. The Morgan fingerprint density at radius 2 is 2.46 bits per heavy atom. The smallest absolute Gasteiger partial charge is 0.0814 e. The van der Waals surface area contributed by atoms with E-state index in [1.54, 1.807) is 11.3 Å². The van der Waals surface area contributed by atoms with Crippen LogP contribution in [-0.4, -0.2) is 19.7 Å². The van der Waals surface area contributed by atoms with Gasteiger partial charge in [-0.05, 0) is 36.0 Å². The van der Waals surface area contributed by atoms with Gasteiger partial charge in [0.1, 0.15) is 0 Å². The molecule has 0 aliphatic heterocycles. The van der Waals surface area contributed by atoms with Gasteiger partial charge in [0.15, 0.2) is 0 Å². The molecular weight excluding hydrogens is 250 g/mol. The summed E-state index contributed by atoms with van der Waals surface area (Å²) in [5.74, 6) is 0. The fourth-order valence-corrected chi connectivity index (χ4v) is 2.37. The second kappa shape index (κ2) is 5.75. The van der Waals surface area contributed by atoms with Gasteiger partial charge in [-0.25, -0.2) is 0 Å². The lowest BCUT2D eigenvalue weighted by molar-refractivity contribution is 0.0561. The summed E-state index contributed by atoms with van der Waals surface area (Å²) in [4.78, 5) is 1.26. The number of rotatable bonds is 5. The molecule has 0 saturated carbocycles. The van der Waals surface area contributed by atoms with Gasteiger partial charge in [0.05, 0.1) is 12.7 Å². The maximum Gasteiger partial charge on any atom is 0.0814 e. The van der Waals surface area contributed by atoms with Crippen LogP contribution in [0.3, 0.4) is 0 Å². The summed E-state index contributed by atoms with van der Waals surface area (Å²) >= 11 is 5.13. The van der Waals surface area contributed by atoms with Gasteiger partial charge in [-0.1, -0.05) is 0 Å². The Labute approximate surface area is 91.4 Å². The highest BCUT2D eigenvalue weighted by atomic mass is 79.9. The van der Waals surface area contributed by atoms with E-state index in [1.807, 2.05) is 7.05 Å². The molecule has 1 atom stereocenters. The number of nitrogens with one attached hydrogen (secondary N) is 1. The predicted octanol–water partition coefficient (Wildman–Crippen LogP) is 2.64. The summed E-state index contributed by atoms with van der Waals surface area (Å²) in [7, 11) is 1.93. The molecule has 1 aromatic heterocycles. The van der Waals surface area contributed by atoms with Crippen LogP contribution in [0.4, 0.5) is 0 Å². The zero-order valence-electron chi connectivity index (χ0n) is 7.84. The number of likely N-dealkylation sites (N-methyl/N-ethyl adjacent to an activating group) is 1. The van der Waals surface area contributed by atoms with E-state index >= 15 is 0 Å². The van der Waals surface area contributed by atoms with Crippen LogP contribution in [0.25, 0.3) is 0 Å². The fourth-order valence-electron chi connectivity index (χ4n) is 1.00. The van der Waals surface area contributed by atoms with E-state index in [4.69, 9.17) is 4.74 Å². The van der Waals surface area contributed by atoms with Crippen LogP contribution in [0, 0.1) is 0 Å². The van der Waals surface area contributed by atoms with Crippen LogP contribution in [0.15, 0.2) is 15.9 Å². The third-order valence-electron chi connectivity index (χ3n) is 1.62. The summed E-state index contributed by atoms with van der Waals surface area (Å²) in [6, 6.07) is 2.09. The van der Waals surface area contributed by atoms with E-state index in [0.29, 0.717) is 6.61 Å². The van der Waals surface area contributed by atoms with Crippen LogP contribution < -0.4 is 5.32 Å². The molecule has 1 unspecified atom stereocenters. The van der Waals surface area contributed by atoms with Gasteiger partial charge in [0.2, 0.25) is 0 Å². The second-order valence-corrected chi connectivity index (χ2v) is 4.82. The Hall–Kier alpha value is 0.1000. The molecule has 0 fully saturated rings. The van der Waals surface area contributed by atoms with E-state index in [0.717, 1.165) is 11.0 Å². The third-order valence-corrected chi connectivity index (χ3v) is 3.29. The molecule has 0 aliphatic carbocycles. The van der Waals surface area contributed by atoms with E-state index in [-0.39, 0.29) is 6.10 Å². The van der Waals surface area contributed by atoms with Crippen molar-refractivity contribution in [3.8, 4) is 0 Å². The van der Waals surface area contributed by atoms with E-state index in [9.17, 15) is 0 Å². The summed E-state index contributed by atoms with van der Waals surface area (Å²) < 4.78 is 6.75. The van der Waals surface area contributed by atoms with Crippen LogP contribution >= 0.6 is 27.3 Å². The van der Waals surface area contributed by atoms with Crippen LogP contribution in [0.1, 0.15) is 11.8 Å². The first-order valence-electron chi connectivity index (χ1n) is 4.21. The number of hydrogen-bond donors (Lipinski definition) is 1. The molecule has 1 aromatic rings. The minimum Gasteiger partial charge on any atom is -0.372 e. The lowest BCUT2D eigenvalue weighted by Crippen LogP contribution is -2.23. The van der Waals surface area contributed by atoms with E-state index in [2.05, 4.69) is 39.6 Å². The summed E-state index contributed by atoms with van der Waals surface area (Å²) in [6.07, 6.45) is 0.269. The first kappa shape index (κ1) is 11.2. The highest BCUT2D eigenvalue weighted by Gasteiger charge is 2.02. The Morgan fingerprint density at radius 3 is 3.00 bits per heavy atom. The van der Waals surface area contributed by atoms with E-state index < -0.39 is 0 Å². The standard InChI is InChI=1S/C9H14BrNOS/c1-7(4-11-2)12-5-9-3-8(10)6-13-9/h3,6-7,11H,4-5H2,1-2H3. The van der Waals surface area contributed by atoms with Crippen molar-refractivity contribution in [2.24, 2.45) is 0 Å². The molecule has 0 aromatic carbocycles. The van der Waals surface area contributed by atoms with Crippen molar-refractivity contribution in [1.29, 1.82) is 0 Å². The highest BCUT2D eigenvalue weighted by Crippen LogP contribution is 2.20. The molecule has 0 saturated heterocycles. The van der Waals surface area contributed by atoms with Crippen molar-refractivity contribution in [3.05, 3.63) is 20.8 Å². The first-order chi connectivity index (χ1) is 6.22. The predicted molar refractivity (Wildman–Crippen MR) is 60.2 cm³/mol. The topological polar surface area (TPSA) is 21.3 Å². The lowest BCUT2D eigenvalue weighted by atomic mass is 10.4. The molecule has 0 amide bonds. The van der Waals surface area contributed by atoms with Crippen LogP contribution in [0.2, 0.25) is 0 Å². The normalized spacial score (nSPS) is 13.2. The van der Waals surface area contributed by atoms with Gasteiger partial charge in [-0.2, -0.15) is 0 Å². The van der Waals surface area contributed by atoms with Crippen molar-refractivity contribution < 1.29 is 4.74 Å². The second-order valence-electron chi connectivity index (χ2n) is 2.91. The minimum absolute atomic E-state index is 0.269. The van der Waals surface area contributed by atoms with Crippen molar-refractivity contribution in [3.63, 3.8) is 0 Å². The van der Waals surface area contributed by atoms with Gasteiger partial charge >= 0.3 is 0 Å². The van der Waals surface area contributed by atoms with Crippen LogP contribution in [-0.2, 0) is 11.3 Å². The monoisotopic (exact) mass is 263 g/mol. The molecule has 74 valence electrons. The lowest BCUT2D eigenvalue weighted by Gasteiger charge is -2.10. The largest absolute Gasteiger partial charge is 0.372 e. The number of thiophene rings is 1. The van der Waals surface area contributed by atoms with Crippen LogP contribution in [0.5, 0.6) is 0 Å². The number of ether oxygens (including phenoxy) is 1. The Kier molecular flexibility index (Phi) is 4.94. The van der Waals surface area contributed by atoms with Crippen molar-refractivity contribution in [1.82, 2.24) is 5.32 Å². The Morgan fingerprint density at radius 1 is 1.69 bits per heavy atom. The Balaban J connectivity index is 2.26. The molecule has 2 nitrogen and oxygen atoms in total. The summed E-state index contributed by atoms with van der Waals surface area (Å²) in [6.45, 7) is 3.67. The molecule has 0 aliphatic rings. The molecular formula is C9H14BrNOS. The van der Waals surface area contributed by atoms with Crippen molar-refractivity contribution in [2.75, 3.05) is 13.6 Å². The SMILES string of the molecule is CNCC(C)OCc1cc(Br)cs1. The van der Waals surface area contributed by atoms with Gasteiger partial charge in [0, 0.05) is 21.3 Å². The summed E-state index contributed by atoms with van der Waals surface area (Å²) in [5, 5.41) is 5.15. The molecule has 0 bridgehead atoms. The average molecular weight is 264 g/mol. The molecule has 0 spiro atoms. The van der Waals surface area contributed by atoms with Gasteiger partial charge < -0.3 is 10.1 Å². The maximum absolute atomic E-state index is 5.61. The van der Waals surface area contributed by atoms with Crippen molar-refractivity contribution in [2.45, 2.75) is 19.6 Å². The molecule has 13 heavy (non-hydrogen) atoms. The zero-order chi connectivity index (χ0) is 9.68. The maximum atomic E-state index is 5.61. The zero-order valence-corrected chi connectivity index (χ0v) is 10.2. The van der Waals surface area contributed by atoms with Gasteiger partial charge in [0.25, 0.3) is 0 Å². The molecule has 1 N–H and O–H groups in total. The van der Waals surface area contributed by atoms with E-state index in [1.165, 1.54) is 4.88 Å². The Bertz CT molecular complexity index is 252. The van der Waals surface area contributed by atoms with Gasteiger partial charge in [-0.3, -0.25) is 0 Å². The van der Waals surface area contributed by atoms with Gasteiger partial charge in [-0.15, -0.1) is 11.3 Å². The fraction of sp³-hybridized carbons (Fsp3) is 0.556. The average Bonchev–Trinajstić information content (AvgIpc) is 2.49. The molecule has 1 heterocycles. The number of hydrogen-bond acceptors (Lipinski definition) is 3. The quantitative estimate of drug-likeness (QED) is 0.882. The highest BCUT2D eigenvalue weighted by molar-refractivity contribution is 9.10. The third kappa shape index (κ3) is 4.22. The molecule has 4 heteroatoms. The number of halogens is 1. The molecule has 0 radical (unpaired) electrons.